The van der Waals surface area contributed by atoms with Gasteiger partial charge in [-0.2, -0.15) is 13.2 Å². The Balaban J connectivity index is 0.826. The second-order valence-electron chi connectivity index (χ2n) is 20.6. The SMILES string of the molecule is CCOC(=O)CNP(CCN1CCN(CCC(CSc2ccccc2)Nc2ccc(SNC(=O)c3ccc(N4CCN(CC5=C(c6ccc(Cl)cc6)CCC(C)(C)C5)CC4)cc3)cc2C(F)(F)F)CC1)Oc1ccccc1. The number of benzene rings is 5. The van der Waals surface area contributed by atoms with E-state index < -0.39 is 20.0 Å². The number of ether oxygens (including phenoxy) is 1. The number of carbonyl (C=O) groups is 2. The van der Waals surface area contributed by atoms with Crippen molar-refractivity contribution < 1.29 is 32.0 Å². The minimum Gasteiger partial charge on any atom is -0.465 e. The van der Waals surface area contributed by atoms with Crippen LogP contribution in [0.3, 0.4) is 0 Å². The fourth-order valence-corrected chi connectivity index (χ4v) is 13.2. The molecule has 0 aromatic heterocycles. The summed E-state index contributed by atoms with van der Waals surface area (Å²) in [6, 6.07) is 39.1. The number of alkyl halides is 3. The summed E-state index contributed by atoms with van der Waals surface area (Å²) in [5, 5.41) is 7.31. The number of piperazine rings is 2. The molecule has 0 radical (unpaired) electrons. The lowest BCUT2D eigenvalue weighted by atomic mass is 9.73. The molecule has 5 aromatic carbocycles. The first kappa shape index (κ1) is 58.4. The first-order valence-electron chi connectivity index (χ1n) is 26.7. The average Bonchev–Trinajstić information content (AvgIpc) is 3.43. The molecule has 1 amide bonds. The zero-order chi connectivity index (χ0) is 54.2. The summed E-state index contributed by atoms with van der Waals surface area (Å²) in [5.41, 5.74) is 5.20. The zero-order valence-electron chi connectivity index (χ0n) is 44.3. The van der Waals surface area contributed by atoms with Crippen LogP contribution in [0, 0.1) is 5.41 Å². The summed E-state index contributed by atoms with van der Waals surface area (Å²) >= 11 is 8.72. The van der Waals surface area contributed by atoms with Gasteiger partial charge in [-0.15, -0.1) is 11.8 Å². The molecule has 2 fully saturated rings. The molecule has 0 bridgehead atoms. The van der Waals surface area contributed by atoms with Gasteiger partial charge >= 0.3 is 12.1 Å². The first-order chi connectivity index (χ1) is 37.2. The zero-order valence-corrected chi connectivity index (χ0v) is 47.6. The van der Waals surface area contributed by atoms with Gasteiger partial charge < -0.3 is 29.3 Å². The fourth-order valence-electron chi connectivity index (χ4n) is 10.0. The van der Waals surface area contributed by atoms with Crippen LogP contribution in [0.2, 0.25) is 5.02 Å². The number of carbonyl (C=O) groups excluding carboxylic acids is 2. The van der Waals surface area contributed by atoms with Crippen LogP contribution in [-0.2, 0) is 15.7 Å². The summed E-state index contributed by atoms with van der Waals surface area (Å²) in [5.74, 6) is 0.608. The molecule has 412 valence electrons. The second-order valence-corrected chi connectivity index (χ2v) is 24.7. The second kappa shape index (κ2) is 28.4. The van der Waals surface area contributed by atoms with Gasteiger partial charge in [0.2, 0.25) is 0 Å². The molecule has 3 N–H and O–H groups in total. The molecule has 2 saturated heterocycles. The van der Waals surface area contributed by atoms with Gasteiger partial charge in [-0.25, -0.2) is 0 Å². The number of nitrogens with zero attached hydrogens (tertiary/aromatic N) is 4. The molecule has 1 aliphatic carbocycles. The Morgan fingerprint density at radius 1 is 0.792 bits per heavy atom. The third-order valence-electron chi connectivity index (χ3n) is 14.3. The van der Waals surface area contributed by atoms with Crippen LogP contribution in [-0.4, -0.2) is 130 Å². The van der Waals surface area contributed by atoms with Gasteiger partial charge in [0.15, 0.2) is 8.30 Å². The molecule has 3 aliphatic rings. The lowest BCUT2D eigenvalue weighted by Crippen LogP contribution is -2.48. The van der Waals surface area contributed by atoms with Gasteiger partial charge in [0, 0.05) is 122 Å². The standard InChI is InChI=1S/C59H72ClF3N7O4PS2/c1-4-73-56(71)41-64-75(74-50-11-7-5-8-12-50)38-37-68-31-29-67(30-32-68)28-26-48(43-76-51-13-9-6-10-14-51)65-55-24-23-52(39-54(55)59(61,62)63)77-66-57(72)45-17-21-49(22-18-45)70-35-33-69(34-36-70)42-46-40-58(2,3)27-25-53(46)44-15-19-47(60)20-16-44/h5-24,39,48,64-65H,4,25-38,40-43H2,1-3H3,(H,66,72). The summed E-state index contributed by atoms with van der Waals surface area (Å²) < 4.78 is 58.8. The van der Waals surface area contributed by atoms with Gasteiger partial charge in [0.25, 0.3) is 5.91 Å². The average molecular weight is 1130 g/mol. The number of allylic oxidation sites excluding steroid dienone is 1. The smallest absolute Gasteiger partial charge is 0.418 e. The van der Waals surface area contributed by atoms with E-state index in [2.05, 4.69) is 60.7 Å². The van der Waals surface area contributed by atoms with E-state index in [0.717, 1.165) is 137 Å². The van der Waals surface area contributed by atoms with E-state index in [1.165, 1.54) is 22.8 Å². The minimum absolute atomic E-state index is 0.0107. The quantitative estimate of drug-likeness (QED) is 0.0237. The van der Waals surface area contributed by atoms with E-state index in [1.54, 1.807) is 36.9 Å². The third kappa shape index (κ3) is 18.1. The number of hydrogen-bond donors (Lipinski definition) is 3. The number of thioether (sulfide) groups is 1. The summed E-state index contributed by atoms with van der Waals surface area (Å²) in [6.07, 6.45) is 0.0245. The molecule has 0 saturated carbocycles. The van der Waals surface area contributed by atoms with Crippen molar-refractivity contribution in [2.24, 2.45) is 5.41 Å². The monoisotopic (exact) mass is 1130 g/mol. The number of hydrogen-bond acceptors (Lipinski definition) is 12. The van der Waals surface area contributed by atoms with Crippen molar-refractivity contribution in [2.45, 2.75) is 68.5 Å². The Labute approximate surface area is 468 Å². The van der Waals surface area contributed by atoms with Crippen LogP contribution in [0.1, 0.15) is 67.9 Å². The molecular weight excluding hydrogens is 1060 g/mol. The predicted octanol–water partition coefficient (Wildman–Crippen LogP) is 12.7. The van der Waals surface area contributed by atoms with Crippen LogP contribution < -0.4 is 24.5 Å². The topological polar surface area (TPSA) is 102 Å². The van der Waals surface area contributed by atoms with Crippen molar-refractivity contribution in [2.75, 3.05) is 107 Å². The fraction of sp³-hybridized carbons (Fsp3) is 0.424. The van der Waals surface area contributed by atoms with Crippen LogP contribution >= 0.6 is 43.6 Å². The highest BCUT2D eigenvalue weighted by Gasteiger charge is 2.35. The van der Waals surface area contributed by atoms with Crippen molar-refractivity contribution in [1.29, 1.82) is 0 Å². The van der Waals surface area contributed by atoms with Crippen LogP contribution in [0.5, 0.6) is 5.75 Å². The number of para-hydroxylation sites is 1. The molecule has 2 aliphatic heterocycles. The largest absolute Gasteiger partial charge is 0.465 e. The highest BCUT2D eigenvalue weighted by atomic mass is 35.5. The molecular formula is C59H72ClF3N7O4PS2. The van der Waals surface area contributed by atoms with E-state index in [1.807, 2.05) is 84.9 Å². The minimum atomic E-state index is -4.64. The molecule has 11 nitrogen and oxygen atoms in total. The molecule has 8 rings (SSSR count). The Hall–Kier alpha value is -4.77. The molecule has 5 aromatic rings. The van der Waals surface area contributed by atoms with E-state index in [-0.39, 0.29) is 40.5 Å². The van der Waals surface area contributed by atoms with Crippen LogP contribution in [0.15, 0.2) is 143 Å². The van der Waals surface area contributed by atoms with Crippen molar-refractivity contribution in [3.05, 3.63) is 155 Å². The number of esters is 1. The normalized spacial score (nSPS) is 17.4. The van der Waals surface area contributed by atoms with Crippen molar-refractivity contribution in [3.8, 4) is 5.75 Å². The Morgan fingerprint density at radius 2 is 1.45 bits per heavy atom. The van der Waals surface area contributed by atoms with Crippen molar-refractivity contribution in [1.82, 2.24) is 24.5 Å². The Bertz CT molecular complexity index is 2700. The third-order valence-corrected chi connectivity index (χ3v) is 18.1. The highest BCUT2D eigenvalue weighted by Crippen LogP contribution is 2.43. The molecule has 2 atom stereocenters. The summed E-state index contributed by atoms with van der Waals surface area (Å²) in [6.45, 7) is 16.3. The van der Waals surface area contributed by atoms with Gasteiger partial charge in [-0.1, -0.05) is 79.6 Å². The number of anilines is 2. The Kier molecular flexibility index (Phi) is 21.5. The van der Waals surface area contributed by atoms with Crippen molar-refractivity contribution >= 4 is 72.4 Å². The molecule has 77 heavy (non-hydrogen) atoms. The highest BCUT2D eigenvalue weighted by molar-refractivity contribution is 7.99. The Morgan fingerprint density at radius 3 is 2.13 bits per heavy atom. The van der Waals surface area contributed by atoms with E-state index in [9.17, 15) is 22.8 Å². The van der Waals surface area contributed by atoms with E-state index in [4.69, 9.17) is 20.9 Å². The van der Waals surface area contributed by atoms with Gasteiger partial charge in [0.1, 0.15) is 12.3 Å². The van der Waals surface area contributed by atoms with E-state index in [0.29, 0.717) is 24.3 Å². The number of nitrogens with one attached hydrogen (secondary N) is 3. The van der Waals surface area contributed by atoms with Crippen LogP contribution in [0.4, 0.5) is 24.5 Å². The maximum Gasteiger partial charge on any atom is 0.418 e. The maximum atomic E-state index is 14.9. The lowest BCUT2D eigenvalue weighted by Gasteiger charge is -2.39. The molecule has 2 unspecified atom stereocenters. The number of amides is 1. The predicted molar refractivity (Wildman–Crippen MR) is 311 cm³/mol. The lowest BCUT2D eigenvalue weighted by molar-refractivity contribution is -0.141. The van der Waals surface area contributed by atoms with Gasteiger partial charge in [-0.05, 0) is 140 Å². The van der Waals surface area contributed by atoms with Crippen molar-refractivity contribution in [3.63, 3.8) is 0 Å². The summed E-state index contributed by atoms with van der Waals surface area (Å²) in [4.78, 5) is 36.5. The summed E-state index contributed by atoms with van der Waals surface area (Å²) in [7, 11) is -1.14. The maximum absolute atomic E-state index is 14.9. The molecule has 18 heteroatoms. The molecule has 2 heterocycles. The number of rotatable bonds is 24. The number of halogens is 4. The van der Waals surface area contributed by atoms with Gasteiger partial charge in [0.05, 0.1) is 12.2 Å². The van der Waals surface area contributed by atoms with Gasteiger partial charge in [-0.3, -0.25) is 24.3 Å². The molecule has 0 spiro atoms. The first-order valence-corrected chi connectivity index (χ1v) is 30.3. The van der Waals surface area contributed by atoms with E-state index >= 15 is 0 Å². The van der Waals surface area contributed by atoms with Crippen LogP contribution in [0.25, 0.3) is 5.57 Å².